The second kappa shape index (κ2) is 17.2. The maximum absolute atomic E-state index is 12.9. The van der Waals surface area contributed by atoms with Gasteiger partial charge in [-0.3, -0.25) is 14.5 Å². The standard InChI is InChI=1S/C39H51N5O5/c40-34-12-1-2-13-35(34)42-38(47)15-4-3-14-37(46)41-31-10-7-9-30(23-31)39-48-33(24-36(49-39)29-18-16-28(27-45)17-19-29)26-44-22-8-11-32(44)25-43-20-5-6-21-43/h1-2,7,9-10,12-13,16-19,23,32-33,36,39,45H,3-6,8,11,14-15,20-22,24-27,40H2,(H,41,46)(H,42,47). The number of nitrogens with two attached hydrogens (primary N) is 1. The van der Waals surface area contributed by atoms with Crippen LogP contribution in [0.25, 0.3) is 0 Å². The molecule has 49 heavy (non-hydrogen) atoms. The van der Waals surface area contributed by atoms with Gasteiger partial charge in [0.05, 0.1) is 30.2 Å². The summed E-state index contributed by atoms with van der Waals surface area (Å²) in [6.07, 6.45) is 6.83. The quantitative estimate of drug-likeness (QED) is 0.122. The Bertz CT molecular complexity index is 1530. The molecule has 262 valence electrons. The van der Waals surface area contributed by atoms with Crippen LogP contribution in [0.2, 0.25) is 0 Å². The monoisotopic (exact) mass is 669 g/mol. The Morgan fingerprint density at radius 3 is 2.33 bits per heavy atom. The van der Waals surface area contributed by atoms with Crippen LogP contribution in [-0.4, -0.2) is 71.6 Å². The summed E-state index contributed by atoms with van der Waals surface area (Å²) >= 11 is 0. The molecule has 0 aliphatic carbocycles. The number of nitrogens with one attached hydrogen (secondary N) is 2. The van der Waals surface area contributed by atoms with E-state index >= 15 is 0 Å². The molecule has 10 heteroatoms. The third kappa shape index (κ3) is 9.89. The van der Waals surface area contributed by atoms with Crippen LogP contribution in [0.1, 0.15) is 86.9 Å². The summed E-state index contributed by atoms with van der Waals surface area (Å²) in [6, 6.07) is 23.4. The van der Waals surface area contributed by atoms with Crippen molar-refractivity contribution in [1.29, 1.82) is 0 Å². The van der Waals surface area contributed by atoms with Crippen molar-refractivity contribution in [2.24, 2.45) is 0 Å². The third-order valence-corrected chi connectivity index (χ3v) is 9.95. The number of carbonyl (C=O) groups excluding carboxylic acids is 2. The van der Waals surface area contributed by atoms with Gasteiger partial charge in [0.15, 0.2) is 6.29 Å². The van der Waals surface area contributed by atoms with Gasteiger partial charge in [0, 0.05) is 49.6 Å². The number of aliphatic hydroxyl groups excluding tert-OH is 1. The molecule has 3 fully saturated rings. The number of para-hydroxylation sites is 2. The van der Waals surface area contributed by atoms with Crippen LogP contribution in [0.3, 0.4) is 0 Å². The zero-order chi connectivity index (χ0) is 34.0. The Morgan fingerprint density at radius 2 is 1.57 bits per heavy atom. The van der Waals surface area contributed by atoms with Gasteiger partial charge in [-0.2, -0.15) is 0 Å². The normalized spacial score (nSPS) is 23.0. The fraction of sp³-hybridized carbons (Fsp3) is 0.487. The first kappa shape index (κ1) is 35.0. The Labute approximate surface area is 289 Å². The Balaban J connectivity index is 1.05. The van der Waals surface area contributed by atoms with Crippen LogP contribution >= 0.6 is 0 Å². The number of anilines is 3. The summed E-state index contributed by atoms with van der Waals surface area (Å²) in [5, 5.41) is 15.4. The highest BCUT2D eigenvalue weighted by atomic mass is 16.7. The van der Waals surface area contributed by atoms with Crippen molar-refractivity contribution in [2.75, 3.05) is 49.1 Å². The van der Waals surface area contributed by atoms with E-state index in [1.807, 2.05) is 60.7 Å². The summed E-state index contributed by atoms with van der Waals surface area (Å²) in [5.74, 6) is -0.223. The minimum Gasteiger partial charge on any atom is -0.397 e. The summed E-state index contributed by atoms with van der Waals surface area (Å²) in [7, 11) is 0. The molecule has 3 aromatic carbocycles. The number of ether oxygens (including phenoxy) is 2. The molecule has 3 heterocycles. The van der Waals surface area contributed by atoms with Crippen LogP contribution in [-0.2, 0) is 25.7 Å². The molecule has 0 radical (unpaired) electrons. The Morgan fingerprint density at radius 1 is 0.816 bits per heavy atom. The zero-order valence-electron chi connectivity index (χ0n) is 28.4. The van der Waals surface area contributed by atoms with Gasteiger partial charge < -0.3 is 35.8 Å². The van der Waals surface area contributed by atoms with E-state index in [1.165, 1.54) is 38.8 Å². The lowest BCUT2D eigenvalue weighted by molar-refractivity contribution is -0.253. The van der Waals surface area contributed by atoms with E-state index in [-0.39, 0.29) is 30.6 Å². The van der Waals surface area contributed by atoms with Crippen molar-refractivity contribution in [1.82, 2.24) is 9.80 Å². The molecule has 6 rings (SSSR count). The molecule has 0 spiro atoms. The van der Waals surface area contributed by atoms with E-state index in [4.69, 9.17) is 15.2 Å². The largest absolute Gasteiger partial charge is 0.397 e. The highest BCUT2D eigenvalue weighted by Gasteiger charge is 2.36. The molecule has 4 unspecified atom stereocenters. The molecule has 3 aliphatic rings. The fourth-order valence-electron chi connectivity index (χ4n) is 7.28. The van der Waals surface area contributed by atoms with Crippen LogP contribution in [0.5, 0.6) is 0 Å². The highest BCUT2D eigenvalue weighted by molar-refractivity contribution is 5.94. The first-order valence-electron chi connectivity index (χ1n) is 17.9. The van der Waals surface area contributed by atoms with Crippen molar-refractivity contribution < 1.29 is 24.2 Å². The van der Waals surface area contributed by atoms with Crippen LogP contribution in [0.4, 0.5) is 17.1 Å². The molecular weight excluding hydrogens is 618 g/mol. The number of nitrogen functional groups attached to an aromatic ring is 1. The predicted molar refractivity (Wildman–Crippen MR) is 192 cm³/mol. The van der Waals surface area contributed by atoms with Gasteiger partial charge in [0.1, 0.15) is 0 Å². The lowest BCUT2D eigenvalue weighted by Crippen LogP contribution is -2.45. The number of rotatable bonds is 14. The average molecular weight is 670 g/mol. The van der Waals surface area contributed by atoms with Gasteiger partial charge in [-0.1, -0.05) is 48.5 Å². The molecule has 0 aromatic heterocycles. The van der Waals surface area contributed by atoms with E-state index in [0.29, 0.717) is 48.8 Å². The molecule has 3 aromatic rings. The molecular formula is C39H51N5O5. The number of hydrogen-bond donors (Lipinski definition) is 4. The van der Waals surface area contributed by atoms with E-state index in [0.717, 1.165) is 42.7 Å². The van der Waals surface area contributed by atoms with Crippen molar-refractivity contribution in [2.45, 2.75) is 88.9 Å². The van der Waals surface area contributed by atoms with Crippen LogP contribution in [0.15, 0.2) is 72.8 Å². The van der Waals surface area contributed by atoms with E-state index in [9.17, 15) is 14.7 Å². The first-order chi connectivity index (χ1) is 23.9. The SMILES string of the molecule is Nc1ccccc1NC(=O)CCCCC(=O)Nc1cccc(C2OC(CN3CCCC3CN3CCCC3)CC(c3ccc(CO)cc3)O2)c1. The molecule has 10 nitrogen and oxygen atoms in total. The number of hydrogen-bond acceptors (Lipinski definition) is 8. The van der Waals surface area contributed by atoms with Gasteiger partial charge >= 0.3 is 0 Å². The number of amides is 2. The zero-order valence-corrected chi connectivity index (χ0v) is 28.4. The molecule has 3 saturated heterocycles. The summed E-state index contributed by atoms with van der Waals surface area (Å²) in [5.41, 5.74) is 10.5. The second-order valence-corrected chi connectivity index (χ2v) is 13.7. The van der Waals surface area contributed by atoms with Gasteiger partial charge in [0.2, 0.25) is 11.8 Å². The molecule has 4 atom stereocenters. The number of likely N-dealkylation sites (tertiary alicyclic amines) is 2. The van der Waals surface area contributed by atoms with Gasteiger partial charge in [-0.15, -0.1) is 0 Å². The minimum atomic E-state index is -0.588. The van der Waals surface area contributed by atoms with Crippen LogP contribution < -0.4 is 16.4 Å². The number of unbranched alkanes of at least 4 members (excludes halogenated alkanes) is 1. The smallest absolute Gasteiger partial charge is 0.224 e. The van der Waals surface area contributed by atoms with E-state index in [2.05, 4.69) is 20.4 Å². The molecule has 5 N–H and O–H groups in total. The third-order valence-electron chi connectivity index (χ3n) is 9.95. The number of carbonyl (C=O) groups is 2. The second-order valence-electron chi connectivity index (χ2n) is 13.7. The van der Waals surface area contributed by atoms with Crippen molar-refractivity contribution >= 4 is 28.9 Å². The van der Waals surface area contributed by atoms with Gasteiger partial charge in [0.25, 0.3) is 0 Å². The Kier molecular flexibility index (Phi) is 12.3. The molecule has 0 bridgehead atoms. The predicted octanol–water partition coefficient (Wildman–Crippen LogP) is 6.00. The summed E-state index contributed by atoms with van der Waals surface area (Å²) in [4.78, 5) is 30.4. The molecule has 0 saturated carbocycles. The average Bonchev–Trinajstić information content (AvgIpc) is 3.80. The highest BCUT2D eigenvalue weighted by Crippen LogP contribution is 2.39. The molecule has 3 aliphatic heterocycles. The van der Waals surface area contributed by atoms with Crippen molar-refractivity contribution in [3.05, 3.63) is 89.5 Å². The number of nitrogens with zero attached hydrogens (tertiary/aromatic N) is 2. The first-order valence-corrected chi connectivity index (χ1v) is 17.9. The van der Waals surface area contributed by atoms with Gasteiger partial charge in [-0.05, 0) is 93.6 Å². The summed E-state index contributed by atoms with van der Waals surface area (Å²) in [6.45, 7) is 5.51. The van der Waals surface area contributed by atoms with Crippen molar-refractivity contribution in [3.8, 4) is 0 Å². The fourth-order valence-corrected chi connectivity index (χ4v) is 7.28. The number of aliphatic hydroxyl groups is 1. The van der Waals surface area contributed by atoms with E-state index < -0.39 is 6.29 Å². The van der Waals surface area contributed by atoms with Crippen LogP contribution in [0, 0.1) is 0 Å². The lowest BCUT2D eigenvalue weighted by Gasteiger charge is -2.39. The maximum atomic E-state index is 12.9. The Hall–Kier alpha value is -3.80. The maximum Gasteiger partial charge on any atom is 0.224 e. The van der Waals surface area contributed by atoms with E-state index in [1.54, 1.807) is 12.1 Å². The summed E-state index contributed by atoms with van der Waals surface area (Å²) < 4.78 is 13.3. The molecule has 2 amide bonds. The van der Waals surface area contributed by atoms with Gasteiger partial charge in [-0.25, -0.2) is 0 Å². The van der Waals surface area contributed by atoms with Crippen molar-refractivity contribution in [3.63, 3.8) is 0 Å². The number of benzene rings is 3. The topological polar surface area (TPSA) is 129 Å². The lowest BCUT2D eigenvalue weighted by atomic mass is 9.99. The minimum absolute atomic E-state index is 0.00515.